The molecule has 2 atom stereocenters. The lowest BCUT2D eigenvalue weighted by Gasteiger charge is -2.19. The molecule has 0 fully saturated rings. The van der Waals surface area contributed by atoms with E-state index in [0.29, 0.717) is 17.2 Å². The fourth-order valence-corrected chi connectivity index (χ4v) is 4.35. The standard InChI is InChI=1S/C21H35N3O3S2/c1-4-5-6-7-12-29-17-10-8-9-16(14-17)20(26)23-24-21(27)19(25)18(22)11-13-28-15(2)3/h8-10,14-15,18-19,25H,4-7,11-13,22H2,1-3H3,(H,23,26)(H,24,27)/t18-,19?/m1/s1. The van der Waals surface area contributed by atoms with Gasteiger partial charge in [-0.1, -0.05) is 46.1 Å². The monoisotopic (exact) mass is 441 g/mol. The molecule has 0 radical (unpaired) electrons. The van der Waals surface area contributed by atoms with Crippen LogP contribution < -0.4 is 16.6 Å². The molecule has 5 N–H and O–H groups in total. The van der Waals surface area contributed by atoms with Crippen molar-refractivity contribution in [2.45, 2.75) is 75.2 Å². The zero-order valence-electron chi connectivity index (χ0n) is 17.6. The van der Waals surface area contributed by atoms with Crippen LogP contribution in [0.25, 0.3) is 0 Å². The number of carbonyl (C=O) groups excluding carboxylic acids is 2. The number of thioether (sulfide) groups is 2. The van der Waals surface area contributed by atoms with Crippen LogP contribution in [0.4, 0.5) is 0 Å². The first kappa shape index (κ1) is 25.8. The van der Waals surface area contributed by atoms with Gasteiger partial charge in [0.1, 0.15) is 6.10 Å². The highest BCUT2D eigenvalue weighted by atomic mass is 32.2. The van der Waals surface area contributed by atoms with Gasteiger partial charge in [0.15, 0.2) is 0 Å². The molecule has 0 aromatic heterocycles. The number of unbranched alkanes of at least 4 members (excludes halogenated alkanes) is 3. The van der Waals surface area contributed by atoms with E-state index in [0.717, 1.165) is 22.8 Å². The lowest BCUT2D eigenvalue weighted by Crippen LogP contribution is -2.52. The number of nitrogens with two attached hydrogens (primary N) is 1. The Morgan fingerprint density at radius 2 is 1.90 bits per heavy atom. The van der Waals surface area contributed by atoms with E-state index in [4.69, 9.17) is 5.73 Å². The van der Waals surface area contributed by atoms with Gasteiger partial charge < -0.3 is 10.8 Å². The quantitative estimate of drug-likeness (QED) is 0.213. The van der Waals surface area contributed by atoms with Crippen molar-refractivity contribution in [2.75, 3.05) is 11.5 Å². The molecule has 6 nitrogen and oxygen atoms in total. The molecule has 1 unspecified atom stereocenters. The summed E-state index contributed by atoms with van der Waals surface area (Å²) in [6, 6.07) is 6.61. The van der Waals surface area contributed by atoms with E-state index in [1.807, 2.05) is 12.1 Å². The Morgan fingerprint density at radius 3 is 2.59 bits per heavy atom. The maximum absolute atomic E-state index is 12.3. The largest absolute Gasteiger partial charge is 0.382 e. The lowest BCUT2D eigenvalue weighted by molar-refractivity contribution is -0.131. The van der Waals surface area contributed by atoms with Crippen molar-refractivity contribution in [3.05, 3.63) is 29.8 Å². The average molecular weight is 442 g/mol. The summed E-state index contributed by atoms with van der Waals surface area (Å²) in [5.41, 5.74) is 10.9. The third kappa shape index (κ3) is 10.9. The van der Waals surface area contributed by atoms with Crippen molar-refractivity contribution in [1.29, 1.82) is 0 Å². The number of aliphatic hydroxyl groups is 1. The van der Waals surface area contributed by atoms with Gasteiger partial charge in [-0.15, -0.1) is 11.8 Å². The van der Waals surface area contributed by atoms with Crippen molar-refractivity contribution < 1.29 is 14.7 Å². The summed E-state index contributed by atoms with van der Waals surface area (Å²) < 4.78 is 0. The van der Waals surface area contributed by atoms with Crippen LogP contribution in [0.1, 0.15) is 63.2 Å². The Kier molecular flexibility index (Phi) is 13.1. The van der Waals surface area contributed by atoms with Crippen molar-refractivity contribution >= 4 is 35.3 Å². The Balaban J connectivity index is 2.42. The van der Waals surface area contributed by atoms with E-state index in [1.165, 1.54) is 19.3 Å². The van der Waals surface area contributed by atoms with Gasteiger partial charge in [-0.2, -0.15) is 11.8 Å². The van der Waals surface area contributed by atoms with Gasteiger partial charge in [0.25, 0.3) is 11.8 Å². The molecule has 29 heavy (non-hydrogen) atoms. The molecule has 0 aliphatic carbocycles. The van der Waals surface area contributed by atoms with Crippen LogP contribution in [-0.4, -0.2) is 45.8 Å². The van der Waals surface area contributed by atoms with Gasteiger partial charge >= 0.3 is 0 Å². The van der Waals surface area contributed by atoms with Crippen molar-refractivity contribution in [1.82, 2.24) is 10.9 Å². The van der Waals surface area contributed by atoms with Crippen LogP contribution >= 0.6 is 23.5 Å². The molecule has 1 aromatic rings. The predicted octanol–water partition coefficient (Wildman–Crippen LogP) is 3.34. The van der Waals surface area contributed by atoms with Gasteiger partial charge in [0.05, 0.1) is 0 Å². The summed E-state index contributed by atoms with van der Waals surface area (Å²) in [5, 5.41) is 10.5. The molecule has 2 amide bonds. The van der Waals surface area contributed by atoms with E-state index in [9.17, 15) is 14.7 Å². The maximum Gasteiger partial charge on any atom is 0.269 e. The molecule has 0 heterocycles. The second-order valence-electron chi connectivity index (χ2n) is 7.20. The number of nitrogens with one attached hydrogen (secondary N) is 2. The van der Waals surface area contributed by atoms with E-state index in [2.05, 4.69) is 31.6 Å². The molecule has 164 valence electrons. The molecule has 0 spiro atoms. The van der Waals surface area contributed by atoms with Crippen LogP contribution in [-0.2, 0) is 4.79 Å². The van der Waals surface area contributed by atoms with Gasteiger partial charge in [-0.3, -0.25) is 20.4 Å². The second kappa shape index (κ2) is 14.7. The third-order valence-corrected chi connectivity index (χ3v) is 6.46. The first-order chi connectivity index (χ1) is 13.8. The maximum atomic E-state index is 12.3. The summed E-state index contributed by atoms with van der Waals surface area (Å²) in [6.07, 6.45) is 3.98. The SMILES string of the molecule is CCCCCCSc1cccc(C(=O)NNC(=O)C(O)[C@H](N)CCSC(C)C)c1. The first-order valence-electron chi connectivity index (χ1n) is 10.2. The molecule has 0 bridgehead atoms. The Hall–Kier alpha value is -1.22. The van der Waals surface area contributed by atoms with E-state index >= 15 is 0 Å². The summed E-state index contributed by atoms with van der Waals surface area (Å²) in [4.78, 5) is 25.4. The number of hydrogen-bond donors (Lipinski definition) is 4. The summed E-state index contributed by atoms with van der Waals surface area (Å²) >= 11 is 3.44. The number of carbonyl (C=O) groups is 2. The predicted molar refractivity (Wildman–Crippen MR) is 123 cm³/mol. The number of benzene rings is 1. The van der Waals surface area contributed by atoms with Crippen molar-refractivity contribution in [3.63, 3.8) is 0 Å². The number of hydrogen-bond acceptors (Lipinski definition) is 6. The molecule has 8 heteroatoms. The normalized spacial score (nSPS) is 13.2. The fraction of sp³-hybridized carbons (Fsp3) is 0.619. The smallest absolute Gasteiger partial charge is 0.269 e. The highest BCUT2D eigenvalue weighted by Gasteiger charge is 2.23. The van der Waals surface area contributed by atoms with Crippen LogP contribution in [0.5, 0.6) is 0 Å². The highest BCUT2D eigenvalue weighted by Crippen LogP contribution is 2.21. The number of rotatable bonds is 13. The topological polar surface area (TPSA) is 104 Å². The Morgan fingerprint density at radius 1 is 1.14 bits per heavy atom. The minimum absolute atomic E-state index is 0.428. The summed E-state index contributed by atoms with van der Waals surface area (Å²) in [6.45, 7) is 6.34. The lowest BCUT2D eigenvalue weighted by atomic mass is 10.1. The highest BCUT2D eigenvalue weighted by molar-refractivity contribution is 7.99. The van der Waals surface area contributed by atoms with E-state index < -0.39 is 24.0 Å². The molecular formula is C21H35N3O3S2. The number of amides is 2. The number of hydrazine groups is 1. The minimum atomic E-state index is -1.37. The van der Waals surface area contributed by atoms with Crippen LogP contribution in [0.3, 0.4) is 0 Å². The molecule has 1 rings (SSSR count). The van der Waals surface area contributed by atoms with Crippen LogP contribution in [0.15, 0.2) is 29.2 Å². The van der Waals surface area contributed by atoms with E-state index in [-0.39, 0.29) is 0 Å². The van der Waals surface area contributed by atoms with Crippen molar-refractivity contribution in [3.8, 4) is 0 Å². The molecule has 0 aliphatic rings. The van der Waals surface area contributed by atoms with Gasteiger partial charge in [0, 0.05) is 16.5 Å². The van der Waals surface area contributed by atoms with Crippen molar-refractivity contribution in [2.24, 2.45) is 5.73 Å². The minimum Gasteiger partial charge on any atom is -0.382 e. The average Bonchev–Trinajstić information content (AvgIpc) is 2.70. The molecule has 0 saturated carbocycles. The number of aliphatic hydroxyl groups excluding tert-OH is 1. The van der Waals surface area contributed by atoms with Gasteiger partial charge in [-0.25, -0.2) is 0 Å². The fourth-order valence-electron chi connectivity index (χ4n) is 2.50. The second-order valence-corrected chi connectivity index (χ2v) is 10.0. The van der Waals surface area contributed by atoms with Gasteiger partial charge in [0.2, 0.25) is 0 Å². The van der Waals surface area contributed by atoms with Crippen LogP contribution in [0, 0.1) is 0 Å². The first-order valence-corrected chi connectivity index (χ1v) is 12.3. The van der Waals surface area contributed by atoms with Crippen LogP contribution in [0.2, 0.25) is 0 Å². The molecule has 0 saturated heterocycles. The zero-order chi connectivity index (χ0) is 21.6. The zero-order valence-corrected chi connectivity index (χ0v) is 19.3. The molecule has 1 aromatic carbocycles. The summed E-state index contributed by atoms with van der Waals surface area (Å²) in [5.74, 6) is 0.643. The Bertz CT molecular complexity index is 629. The van der Waals surface area contributed by atoms with E-state index in [1.54, 1.807) is 35.7 Å². The third-order valence-electron chi connectivity index (χ3n) is 4.24. The van der Waals surface area contributed by atoms with Gasteiger partial charge in [-0.05, 0) is 47.8 Å². The molecule has 0 aliphatic heterocycles. The Labute approximate surface area is 183 Å². The summed E-state index contributed by atoms with van der Waals surface area (Å²) in [7, 11) is 0. The molecular weight excluding hydrogens is 406 g/mol.